The molecule has 136 valence electrons. The molecule has 1 atom stereocenters. The molecule has 0 saturated carbocycles. The number of aliphatic imine (C=N–C) groups is 1. The Bertz CT molecular complexity index is 513. The van der Waals surface area contributed by atoms with Crippen molar-refractivity contribution >= 4 is 18.0 Å². The molecule has 2 amide bonds. The number of unbranched alkanes of at least 4 members (excludes halogenated alkanes) is 1. The van der Waals surface area contributed by atoms with Crippen LogP contribution in [0.1, 0.15) is 67.7 Å². The van der Waals surface area contributed by atoms with Gasteiger partial charge in [0.05, 0.1) is 0 Å². The first-order chi connectivity index (χ1) is 11.2. The maximum absolute atomic E-state index is 12.5. The standard InChI is InChI=1S/C19H33N3O2/c1-8-10-11-16(21-18(23)14(5)6)22-19(24)17(13(3)4)20-12-15(7)9-2/h11-12,14-15H,8-10H2,1-7H3,(H,21,23)(H,22,24)/b16-11+,20-12?. The van der Waals surface area contributed by atoms with Gasteiger partial charge in [-0.3, -0.25) is 14.6 Å². The van der Waals surface area contributed by atoms with Crippen molar-refractivity contribution in [2.45, 2.75) is 67.7 Å². The van der Waals surface area contributed by atoms with Crippen molar-refractivity contribution in [2.75, 3.05) is 0 Å². The quantitative estimate of drug-likeness (QED) is 0.495. The topological polar surface area (TPSA) is 70.6 Å². The van der Waals surface area contributed by atoms with E-state index in [-0.39, 0.29) is 17.7 Å². The molecule has 0 radical (unpaired) electrons. The van der Waals surface area contributed by atoms with Crippen LogP contribution >= 0.6 is 0 Å². The summed E-state index contributed by atoms with van der Waals surface area (Å²) < 4.78 is 0. The summed E-state index contributed by atoms with van der Waals surface area (Å²) in [5.74, 6) is 0.152. The first-order valence-electron chi connectivity index (χ1n) is 8.76. The van der Waals surface area contributed by atoms with E-state index < -0.39 is 0 Å². The lowest BCUT2D eigenvalue weighted by Gasteiger charge is -2.14. The number of nitrogens with zero attached hydrogens (tertiary/aromatic N) is 1. The Morgan fingerprint density at radius 3 is 2.17 bits per heavy atom. The van der Waals surface area contributed by atoms with Crippen LogP contribution in [0.3, 0.4) is 0 Å². The van der Waals surface area contributed by atoms with E-state index in [9.17, 15) is 9.59 Å². The molecule has 24 heavy (non-hydrogen) atoms. The van der Waals surface area contributed by atoms with Crippen molar-refractivity contribution in [1.82, 2.24) is 10.6 Å². The van der Waals surface area contributed by atoms with Crippen LogP contribution in [0.25, 0.3) is 0 Å². The predicted molar refractivity (Wildman–Crippen MR) is 100 cm³/mol. The third-order valence-corrected chi connectivity index (χ3v) is 3.46. The first kappa shape index (κ1) is 22.1. The van der Waals surface area contributed by atoms with Crippen LogP contribution in [0.4, 0.5) is 0 Å². The molecule has 0 fully saturated rings. The highest BCUT2D eigenvalue weighted by Crippen LogP contribution is 2.08. The fraction of sp³-hybridized carbons (Fsp3) is 0.632. The zero-order valence-corrected chi connectivity index (χ0v) is 16.2. The van der Waals surface area contributed by atoms with Gasteiger partial charge in [0.1, 0.15) is 11.5 Å². The highest BCUT2D eigenvalue weighted by molar-refractivity contribution is 5.96. The Balaban J connectivity index is 5.23. The van der Waals surface area contributed by atoms with Gasteiger partial charge < -0.3 is 10.6 Å². The minimum Gasteiger partial charge on any atom is -0.312 e. The van der Waals surface area contributed by atoms with Gasteiger partial charge in [-0.2, -0.15) is 0 Å². The average molecular weight is 335 g/mol. The Kier molecular flexibility index (Phi) is 10.7. The smallest absolute Gasteiger partial charge is 0.275 e. The zero-order chi connectivity index (χ0) is 18.7. The number of hydrogen-bond donors (Lipinski definition) is 2. The fourth-order valence-electron chi connectivity index (χ4n) is 1.60. The number of carbonyl (C=O) groups is 2. The van der Waals surface area contributed by atoms with Gasteiger partial charge in [0.2, 0.25) is 5.91 Å². The Labute approximate surface area is 146 Å². The molecule has 0 rings (SSSR count). The van der Waals surface area contributed by atoms with Gasteiger partial charge in [-0.15, -0.1) is 0 Å². The third-order valence-electron chi connectivity index (χ3n) is 3.46. The molecular weight excluding hydrogens is 302 g/mol. The lowest BCUT2D eigenvalue weighted by molar-refractivity contribution is -0.123. The minimum absolute atomic E-state index is 0.125. The molecule has 0 aromatic heterocycles. The van der Waals surface area contributed by atoms with Crippen LogP contribution in [0.2, 0.25) is 0 Å². The molecule has 0 aromatic rings. The molecule has 5 nitrogen and oxygen atoms in total. The number of hydrogen-bond acceptors (Lipinski definition) is 3. The van der Waals surface area contributed by atoms with Crippen molar-refractivity contribution in [3.63, 3.8) is 0 Å². The van der Waals surface area contributed by atoms with Gasteiger partial charge in [0, 0.05) is 12.1 Å². The average Bonchev–Trinajstić information content (AvgIpc) is 2.51. The van der Waals surface area contributed by atoms with Gasteiger partial charge in [0.15, 0.2) is 0 Å². The number of allylic oxidation sites excluding steroid dienone is 2. The van der Waals surface area contributed by atoms with E-state index in [1.165, 1.54) is 0 Å². The third kappa shape index (κ3) is 8.65. The predicted octanol–water partition coefficient (Wildman–Crippen LogP) is 3.93. The lowest BCUT2D eigenvalue weighted by Crippen LogP contribution is -2.37. The van der Waals surface area contributed by atoms with E-state index >= 15 is 0 Å². The summed E-state index contributed by atoms with van der Waals surface area (Å²) in [6.07, 6.45) is 6.29. The molecule has 5 heteroatoms. The summed E-state index contributed by atoms with van der Waals surface area (Å²) in [5.41, 5.74) is 1.22. The molecule has 0 saturated heterocycles. The van der Waals surface area contributed by atoms with Gasteiger partial charge in [-0.25, -0.2) is 0 Å². The Hall–Kier alpha value is -1.91. The number of amides is 2. The molecule has 0 spiro atoms. The highest BCUT2D eigenvalue weighted by Gasteiger charge is 2.15. The minimum atomic E-state index is -0.305. The van der Waals surface area contributed by atoms with Gasteiger partial charge in [-0.1, -0.05) is 41.0 Å². The monoisotopic (exact) mass is 335 g/mol. The van der Waals surface area contributed by atoms with E-state index in [4.69, 9.17) is 0 Å². The zero-order valence-electron chi connectivity index (χ0n) is 16.2. The van der Waals surface area contributed by atoms with Crippen LogP contribution in [-0.4, -0.2) is 18.0 Å². The van der Waals surface area contributed by atoms with E-state index in [1.807, 2.05) is 40.7 Å². The van der Waals surface area contributed by atoms with Crippen molar-refractivity contribution in [3.8, 4) is 0 Å². The molecule has 0 heterocycles. The molecule has 0 aromatic carbocycles. The summed E-state index contributed by atoms with van der Waals surface area (Å²) in [6, 6.07) is 0. The second-order valence-corrected chi connectivity index (χ2v) is 6.52. The molecular formula is C19H33N3O2. The van der Waals surface area contributed by atoms with Crippen molar-refractivity contribution in [1.29, 1.82) is 0 Å². The van der Waals surface area contributed by atoms with Crippen LogP contribution in [-0.2, 0) is 9.59 Å². The maximum atomic E-state index is 12.5. The molecule has 1 unspecified atom stereocenters. The van der Waals surface area contributed by atoms with E-state index in [0.29, 0.717) is 17.4 Å². The maximum Gasteiger partial charge on any atom is 0.275 e. The fourth-order valence-corrected chi connectivity index (χ4v) is 1.60. The normalized spacial score (nSPS) is 13.1. The van der Waals surface area contributed by atoms with Gasteiger partial charge in [-0.05, 0) is 44.3 Å². The molecule has 0 bridgehead atoms. The van der Waals surface area contributed by atoms with E-state index in [0.717, 1.165) is 24.8 Å². The number of carbonyl (C=O) groups excluding carboxylic acids is 2. The lowest BCUT2D eigenvalue weighted by atomic mass is 10.1. The molecule has 0 aliphatic rings. The van der Waals surface area contributed by atoms with Crippen molar-refractivity contribution < 1.29 is 9.59 Å². The van der Waals surface area contributed by atoms with Crippen LogP contribution in [0.5, 0.6) is 0 Å². The summed E-state index contributed by atoms with van der Waals surface area (Å²) in [7, 11) is 0. The summed E-state index contributed by atoms with van der Waals surface area (Å²) in [4.78, 5) is 28.8. The van der Waals surface area contributed by atoms with Crippen LogP contribution in [0.15, 0.2) is 28.2 Å². The second kappa shape index (κ2) is 11.6. The molecule has 0 aliphatic carbocycles. The second-order valence-electron chi connectivity index (χ2n) is 6.52. The Morgan fingerprint density at radius 1 is 1.08 bits per heavy atom. The highest BCUT2D eigenvalue weighted by atomic mass is 16.2. The van der Waals surface area contributed by atoms with Gasteiger partial charge in [0.25, 0.3) is 5.91 Å². The summed E-state index contributed by atoms with van der Waals surface area (Å²) in [5, 5.41) is 5.55. The van der Waals surface area contributed by atoms with Crippen molar-refractivity contribution in [3.05, 3.63) is 23.2 Å². The number of rotatable bonds is 9. The first-order valence-corrected chi connectivity index (χ1v) is 8.76. The summed E-state index contributed by atoms with van der Waals surface area (Å²) >= 11 is 0. The van der Waals surface area contributed by atoms with E-state index in [1.54, 1.807) is 6.21 Å². The molecule has 2 N–H and O–H groups in total. The van der Waals surface area contributed by atoms with E-state index in [2.05, 4.69) is 29.5 Å². The van der Waals surface area contributed by atoms with Crippen LogP contribution in [0, 0.1) is 11.8 Å². The largest absolute Gasteiger partial charge is 0.312 e. The SMILES string of the molecule is CCC/C=C(/NC(=O)C(N=CC(C)CC)=C(C)C)NC(=O)C(C)C. The summed E-state index contributed by atoms with van der Waals surface area (Å²) in [6.45, 7) is 13.5. The molecule has 0 aliphatic heterocycles. The Morgan fingerprint density at radius 2 is 1.71 bits per heavy atom. The van der Waals surface area contributed by atoms with Gasteiger partial charge >= 0.3 is 0 Å². The van der Waals surface area contributed by atoms with Crippen molar-refractivity contribution in [2.24, 2.45) is 16.8 Å². The number of nitrogens with one attached hydrogen (secondary N) is 2. The van der Waals surface area contributed by atoms with Crippen LogP contribution < -0.4 is 10.6 Å².